The number of aromatic hydroxyl groups is 1. The molecule has 0 atom stereocenters. The SMILES string of the molecule is Oc1ccc(CCCCCCBr)cc1. The van der Waals surface area contributed by atoms with Gasteiger partial charge in [0.1, 0.15) is 5.75 Å². The van der Waals surface area contributed by atoms with Crippen molar-refractivity contribution in [2.45, 2.75) is 32.1 Å². The first-order valence-electron chi connectivity index (χ1n) is 5.17. The standard InChI is InChI=1S/C12H17BrO/c13-10-4-2-1-3-5-11-6-8-12(14)9-7-11/h6-9,14H,1-5,10H2. The zero-order chi connectivity index (χ0) is 10.2. The first kappa shape index (κ1) is 11.6. The Balaban J connectivity index is 2.15. The van der Waals surface area contributed by atoms with Crippen LogP contribution < -0.4 is 0 Å². The van der Waals surface area contributed by atoms with Crippen molar-refractivity contribution >= 4 is 15.9 Å². The number of hydrogen-bond acceptors (Lipinski definition) is 1. The van der Waals surface area contributed by atoms with Crippen LogP contribution in [0, 0.1) is 0 Å². The van der Waals surface area contributed by atoms with Crippen LogP contribution in [0.3, 0.4) is 0 Å². The molecule has 1 N–H and O–H groups in total. The number of phenols is 1. The van der Waals surface area contributed by atoms with Crippen LogP contribution in [-0.4, -0.2) is 10.4 Å². The Morgan fingerprint density at radius 3 is 2.21 bits per heavy atom. The topological polar surface area (TPSA) is 20.2 Å². The molecule has 2 heteroatoms. The Morgan fingerprint density at radius 1 is 0.929 bits per heavy atom. The molecule has 14 heavy (non-hydrogen) atoms. The molecule has 0 radical (unpaired) electrons. The molecular weight excluding hydrogens is 240 g/mol. The van der Waals surface area contributed by atoms with E-state index < -0.39 is 0 Å². The number of phenolic OH excluding ortho intramolecular Hbond substituents is 1. The molecule has 0 amide bonds. The van der Waals surface area contributed by atoms with Crippen LogP contribution in [0.15, 0.2) is 24.3 Å². The molecule has 0 heterocycles. The molecule has 0 saturated carbocycles. The van der Waals surface area contributed by atoms with Gasteiger partial charge in [0.2, 0.25) is 0 Å². The van der Waals surface area contributed by atoms with Crippen LogP contribution in [0.25, 0.3) is 0 Å². The van der Waals surface area contributed by atoms with Crippen LogP contribution >= 0.6 is 15.9 Å². The summed E-state index contributed by atoms with van der Waals surface area (Å²) in [7, 11) is 0. The summed E-state index contributed by atoms with van der Waals surface area (Å²) in [6.07, 6.45) is 6.26. The zero-order valence-electron chi connectivity index (χ0n) is 8.38. The molecule has 0 aliphatic carbocycles. The molecule has 78 valence electrons. The lowest BCUT2D eigenvalue weighted by Crippen LogP contribution is -1.85. The first-order valence-corrected chi connectivity index (χ1v) is 6.29. The predicted octanol–water partition coefficient (Wildman–Crippen LogP) is 3.89. The highest BCUT2D eigenvalue weighted by molar-refractivity contribution is 9.09. The van der Waals surface area contributed by atoms with Crippen LogP contribution in [0.2, 0.25) is 0 Å². The van der Waals surface area contributed by atoms with Crippen molar-refractivity contribution in [2.24, 2.45) is 0 Å². The minimum Gasteiger partial charge on any atom is -0.508 e. The molecule has 0 fully saturated rings. The van der Waals surface area contributed by atoms with E-state index >= 15 is 0 Å². The maximum absolute atomic E-state index is 9.09. The van der Waals surface area contributed by atoms with E-state index in [2.05, 4.69) is 15.9 Å². The second kappa shape index (κ2) is 6.88. The van der Waals surface area contributed by atoms with Crippen molar-refractivity contribution in [3.05, 3.63) is 29.8 Å². The second-order valence-corrected chi connectivity index (χ2v) is 4.31. The van der Waals surface area contributed by atoms with E-state index in [-0.39, 0.29) is 0 Å². The molecule has 0 spiro atoms. The van der Waals surface area contributed by atoms with Crippen molar-refractivity contribution in [1.82, 2.24) is 0 Å². The van der Waals surface area contributed by atoms with Crippen molar-refractivity contribution in [1.29, 1.82) is 0 Å². The Morgan fingerprint density at radius 2 is 1.57 bits per heavy atom. The van der Waals surface area contributed by atoms with Crippen molar-refractivity contribution in [3.63, 3.8) is 0 Å². The van der Waals surface area contributed by atoms with Gasteiger partial charge in [-0.1, -0.05) is 40.9 Å². The molecule has 0 aliphatic rings. The summed E-state index contributed by atoms with van der Waals surface area (Å²) in [5.74, 6) is 0.355. The van der Waals surface area contributed by atoms with Crippen molar-refractivity contribution in [2.75, 3.05) is 5.33 Å². The highest BCUT2D eigenvalue weighted by atomic mass is 79.9. The molecule has 0 unspecified atom stereocenters. The van der Waals surface area contributed by atoms with E-state index in [1.54, 1.807) is 12.1 Å². The number of rotatable bonds is 6. The molecule has 1 nitrogen and oxygen atoms in total. The van der Waals surface area contributed by atoms with Crippen LogP contribution in [0.1, 0.15) is 31.2 Å². The smallest absolute Gasteiger partial charge is 0.115 e. The zero-order valence-corrected chi connectivity index (χ0v) is 9.96. The van der Waals surface area contributed by atoms with Gasteiger partial charge in [0.15, 0.2) is 0 Å². The van der Waals surface area contributed by atoms with Gasteiger partial charge in [-0.25, -0.2) is 0 Å². The fourth-order valence-electron chi connectivity index (χ4n) is 1.44. The lowest BCUT2D eigenvalue weighted by molar-refractivity contribution is 0.475. The summed E-state index contributed by atoms with van der Waals surface area (Å²) >= 11 is 3.43. The Hall–Kier alpha value is -0.500. The monoisotopic (exact) mass is 256 g/mol. The van der Waals surface area contributed by atoms with Crippen LogP contribution in [-0.2, 0) is 6.42 Å². The average Bonchev–Trinajstić information content (AvgIpc) is 2.21. The lowest BCUT2D eigenvalue weighted by atomic mass is 10.1. The van der Waals surface area contributed by atoms with E-state index in [1.165, 1.54) is 31.2 Å². The van der Waals surface area contributed by atoms with Crippen molar-refractivity contribution < 1.29 is 5.11 Å². The molecule has 0 bridgehead atoms. The van der Waals surface area contributed by atoms with Gasteiger partial charge in [-0.3, -0.25) is 0 Å². The Kier molecular flexibility index (Phi) is 5.69. The fourth-order valence-corrected chi connectivity index (χ4v) is 1.84. The summed E-state index contributed by atoms with van der Waals surface area (Å²) in [5, 5.41) is 10.2. The van der Waals surface area contributed by atoms with Gasteiger partial charge in [-0.15, -0.1) is 0 Å². The summed E-state index contributed by atoms with van der Waals surface area (Å²) in [6, 6.07) is 7.52. The largest absolute Gasteiger partial charge is 0.508 e. The molecule has 1 aromatic rings. The summed E-state index contributed by atoms with van der Waals surface area (Å²) < 4.78 is 0. The number of aryl methyl sites for hydroxylation is 1. The maximum Gasteiger partial charge on any atom is 0.115 e. The second-order valence-electron chi connectivity index (χ2n) is 3.52. The van der Waals surface area contributed by atoms with Gasteiger partial charge < -0.3 is 5.11 Å². The van der Waals surface area contributed by atoms with Gasteiger partial charge in [-0.05, 0) is 37.0 Å². The highest BCUT2D eigenvalue weighted by Crippen LogP contribution is 2.12. The van der Waals surface area contributed by atoms with E-state index in [0.29, 0.717) is 5.75 Å². The highest BCUT2D eigenvalue weighted by Gasteiger charge is 1.94. The van der Waals surface area contributed by atoms with Crippen LogP contribution in [0.5, 0.6) is 5.75 Å². The Bertz CT molecular complexity index is 243. The third-order valence-corrected chi connectivity index (χ3v) is 2.85. The third kappa shape index (κ3) is 4.66. The molecule has 1 aromatic carbocycles. The number of unbranched alkanes of at least 4 members (excludes halogenated alkanes) is 3. The average molecular weight is 257 g/mol. The third-order valence-electron chi connectivity index (χ3n) is 2.29. The van der Waals surface area contributed by atoms with E-state index in [0.717, 1.165) is 11.8 Å². The lowest BCUT2D eigenvalue weighted by Gasteiger charge is -2.01. The van der Waals surface area contributed by atoms with E-state index in [1.807, 2.05) is 12.1 Å². The quantitative estimate of drug-likeness (QED) is 0.605. The number of benzene rings is 1. The van der Waals surface area contributed by atoms with Gasteiger partial charge in [0.25, 0.3) is 0 Å². The predicted molar refractivity (Wildman–Crippen MR) is 64.1 cm³/mol. The van der Waals surface area contributed by atoms with Crippen molar-refractivity contribution in [3.8, 4) is 5.75 Å². The molecule has 0 aromatic heterocycles. The minimum absolute atomic E-state index is 0.355. The summed E-state index contributed by atoms with van der Waals surface area (Å²) in [5.41, 5.74) is 1.32. The molecule has 1 rings (SSSR count). The van der Waals surface area contributed by atoms with Gasteiger partial charge in [0.05, 0.1) is 0 Å². The van der Waals surface area contributed by atoms with E-state index in [4.69, 9.17) is 5.11 Å². The molecule has 0 saturated heterocycles. The van der Waals surface area contributed by atoms with Crippen LogP contribution in [0.4, 0.5) is 0 Å². The Labute approximate surface area is 94.3 Å². The molecular formula is C12H17BrO. The number of halogens is 1. The number of hydrogen-bond donors (Lipinski definition) is 1. The van der Waals surface area contributed by atoms with E-state index in [9.17, 15) is 0 Å². The normalized spacial score (nSPS) is 10.4. The molecule has 0 aliphatic heterocycles. The van der Waals surface area contributed by atoms with Gasteiger partial charge in [-0.2, -0.15) is 0 Å². The summed E-state index contributed by atoms with van der Waals surface area (Å²) in [4.78, 5) is 0. The number of alkyl halides is 1. The van der Waals surface area contributed by atoms with Gasteiger partial charge >= 0.3 is 0 Å². The minimum atomic E-state index is 0.355. The first-order chi connectivity index (χ1) is 6.83. The maximum atomic E-state index is 9.09. The summed E-state index contributed by atoms with van der Waals surface area (Å²) in [6.45, 7) is 0. The van der Waals surface area contributed by atoms with Gasteiger partial charge in [0, 0.05) is 5.33 Å². The fraction of sp³-hybridized carbons (Fsp3) is 0.500.